The smallest absolute Gasteiger partial charge is 0.309 e. The van der Waals surface area contributed by atoms with Crippen molar-refractivity contribution in [2.75, 3.05) is 12.9 Å². The highest BCUT2D eigenvalue weighted by atomic mass is 32.2. The van der Waals surface area contributed by atoms with E-state index in [1.54, 1.807) is 18.2 Å². The lowest BCUT2D eigenvalue weighted by molar-refractivity contribution is -0.139. The first kappa shape index (κ1) is 15.7. The highest BCUT2D eigenvalue weighted by Crippen LogP contribution is 2.07. The number of carbonyl (C=O) groups is 1. The second-order valence-electron chi connectivity index (χ2n) is 4.21. The van der Waals surface area contributed by atoms with Crippen LogP contribution in [-0.4, -0.2) is 27.2 Å². The molecule has 1 aromatic carbocycles. The number of sulfonamides is 1. The van der Waals surface area contributed by atoms with Crippen molar-refractivity contribution in [2.24, 2.45) is 0 Å². The van der Waals surface area contributed by atoms with Gasteiger partial charge in [0.1, 0.15) is 0 Å². The molecule has 0 aliphatic heterocycles. The number of nitrogens with one attached hydrogen (secondary N) is 1. The number of hydrogen-bond donors (Lipinski definition) is 1. The van der Waals surface area contributed by atoms with E-state index in [1.807, 2.05) is 13.0 Å². The van der Waals surface area contributed by atoms with Crippen molar-refractivity contribution in [1.82, 2.24) is 4.72 Å². The summed E-state index contributed by atoms with van der Waals surface area (Å²) in [5.74, 6) is -0.196. The van der Waals surface area contributed by atoms with E-state index in [2.05, 4.69) is 9.46 Å². The Labute approximate surface area is 114 Å². The third-order valence-electron chi connectivity index (χ3n) is 2.54. The highest BCUT2D eigenvalue weighted by Gasteiger charge is 2.08. The van der Waals surface area contributed by atoms with Gasteiger partial charge >= 0.3 is 5.97 Å². The SMILES string of the molecule is CCCS(=O)(=O)NCc1cccc(CC(=O)OC)c1. The molecule has 0 aliphatic carbocycles. The van der Waals surface area contributed by atoms with Gasteiger partial charge in [0.2, 0.25) is 10.0 Å². The third-order valence-corrected chi connectivity index (χ3v) is 4.07. The maximum atomic E-state index is 11.5. The summed E-state index contributed by atoms with van der Waals surface area (Å²) in [5.41, 5.74) is 1.63. The van der Waals surface area contributed by atoms with Crippen LogP contribution in [0, 0.1) is 0 Å². The first-order valence-electron chi connectivity index (χ1n) is 6.09. The molecule has 0 atom stereocenters. The summed E-state index contributed by atoms with van der Waals surface area (Å²) in [5, 5.41) is 0. The number of methoxy groups -OCH3 is 1. The standard InChI is InChI=1S/C13H19NO4S/c1-3-7-19(16,17)14-10-12-6-4-5-11(8-12)9-13(15)18-2/h4-6,8,14H,3,7,9-10H2,1-2H3. The van der Waals surface area contributed by atoms with Gasteiger partial charge < -0.3 is 4.74 Å². The lowest BCUT2D eigenvalue weighted by atomic mass is 10.1. The molecule has 106 valence electrons. The van der Waals surface area contributed by atoms with Crippen LogP contribution in [0.15, 0.2) is 24.3 Å². The molecule has 0 saturated carbocycles. The predicted molar refractivity (Wildman–Crippen MR) is 73.1 cm³/mol. The molecular weight excluding hydrogens is 266 g/mol. The second-order valence-corrected chi connectivity index (χ2v) is 6.14. The van der Waals surface area contributed by atoms with Crippen molar-refractivity contribution in [1.29, 1.82) is 0 Å². The van der Waals surface area contributed by atoms with Crippen LogP contribution in [0.4, 0.5) is 0 Å². The maximum absolute atomic E-state index is 11.5. The summed E-state index contributed by atoms with van der Waals surface area (Å²) in [6.45, 7) is 2.05. The van der Waals surface area contributed by atoms with Crippen molar-refractivity contribution >= 4 is 16.0 Å². The summed E-state index contributed by atoms with van der Waals surface area (Å²) in [6, 6.07) is 7.21. The summed E-state index contributed by atoms with van der Waals surface area (Å²) in [4.78, 5) is 11.2. The number of esters is 1. The molecule has 1 N–H and O–H groups in total. The van der Waals surface area contributed by atoms with Crippen LogP contribution in [0.2, 0.25) is 0 Å². The van der Waals surface area contributed by atoms with E-state index in [0.717, 1.165) is 11.1 Å². The number of rotatable bonds is 7. The van der Waals surface area contributed by atoms with Gasteiger partial charge in [0, 0.05) is 6.54 Å². The topological polar surface area (TPSA) is 72.5 Å². The van der Waals surface area contributed by atoms with E-state index in [1.165, 1.54) is 7.11 Å². The van der Waals surface area contributed by atoms with Gasteiger partial charge in [0.15, 0.2) is 0 Å². The monoisotopic (exact) mass is 285 g/mol. The Kier molecular flexibility index (Phi) is 5.98. The lowest BCUT2D eigenvalue weighted by Gasteiger charge is -2.07. The van der Waals surface area contributed by atoms with Crippen molar-refractivity contribution in [2.45, 2.75) is 26.3 Å². The summed E-state index contributed by atoms with van der Waals surface area (Å²) in [6.07, 6.45) is 0.768. The molecule has 6 heteroatoms. The first-order chi connectivity index (χ1) is 8.96. The van der Waals surface area contributed by atoms with Crippen LogP contribution in [0.5, 0.6) is 0 Å². The number of benzene rings is 1. The van der Waals surface area contributed by atoms with Gasteiger partial charge in [-0.25, -0.2) is 13.1 Å². The minimum absolute atomic E-state index is 0.120. The highest BCUT2D eigenvalue weighted by molar-refractivity contribution is 7.89. The molecule has 0 bridgehead atoms. The van der Waals surface area contributed by atoms with Crippen LogP contribution in [0.3, 0.4) is 0 Å². The number of hydrogen-bond acceptors (Lipinski definition) is 4. The molecule has 0 radical (unpaired) electrons. The Morgan fingerprint density at radius 2 is 2.00 bits per heavy atom. The van der Waals surface area contributed by atoms with E-state index in [0.29, 0.717) is 6.42 Å². The van der Waals surface area contributed by atoms with Gasteiger partial charge in [-0.3, -0.25) is 4.79 Å². The van der Waals surface area contributed by atoms with Crippen molar-refractivity contribution in [3.05, 3.63) is 35.4 Å². The molecule has 1 rings (SSSR count). The summed E-state index contributed by atoms with van der Waals surface area (Å²) < 4.78 is 30.2. The van der Waals surface area contributed by atoms with Gasteiger partial charge in [-0.2, -0.15) is 0 Å². The normalized spacial score (nSPS) is 11.3. The van der Waals surface area contributed by atoms with E-state index in [-0.39, 0.29) is 24.7 Å². The zero-order valence-corrected chi connectivity index (χ0v) is 12.0. The summed E-state index contributed by atoms with van der Waals surface area (Å²) >= 11 is 0. The molecule has 0 fully saturated rings. The third kappa shape index (κ3) is 5.85. The zero-order chi connectivity index (χ0) is 14.3. The van der Waals surface area contributed by atoms with E-state index in [9.17, 15) is 13.2 Å². The molecule has 0 spiro atoms. The molecule has 0 unspecified atom stereocenters. The van der Waals surface area contributed by atoms with Gasteiger partial charge in [0.25, 0.3) is 0 Å². The van der Waals surface area contributed by atoms with Crippen LogP contribution in [0.25, 0.3) is 0 Å². The predicted octanol–water partition coefficient (Wildman–Crippen LogP) is 1.23. The van der Waals surface area contributed by atoms with Gasteiger partial charge in [-0.15, -0.1) is 0 Å². The van der Waals surface area contributed by atoms with Gasteiger partial charge in [0.05, 0.1) is 19.3 Å². The van der Waals surface area contributed by atoms with Gasteiger partial charge in [-0.1, -0.05) is 31.2 Å². The molecular formula is C13H19NO4S. The van der Waals surface area contributed by atoms with Crippen molar-refractivity contribution < 1.29 is 17.9 Å². The first-order valence-corrected chi connectivity index (χ1v) is 7.74. The molecule has 19 heavy (non-hydrogen) atoms. The molecule has 5 nitrogen and oxygen atoms in total. The van der Waals surface area contributed by atoms with Crippen LogP contribution in [0.1, 0.15) is 24.5 Å². The van der Waals surface area contributed by atoms with Crippen molar-refractivity contribution in [3.63, 3.8) is 0 Å². The fourth-order valence-corrected chi connectivity index (χ4v) is 2.69. The lowest BCUT2D eigenvalue weighted by Crippen LogP contribution is -2.25. The van der Waals surface area contributed by atoms with Crippen LogP contribution < -0.4 is 4.72 Å². The molecule has 1 aromatic rings. The zero-order valence-electron chi connectivity index (χ0n) is 11.2. The minimum Gasteiger partial charge on any atom is -0.469 e. The van der Waals surface area contributed by atoms with Crippen molar-refractivity contribution in [3.8, 4) is 0 Å². The maximum Gasteiger partial charge on any atom is 0.309 e. The molecule has 0 aromatic heterocycles. The van der Waals surface area contributed by atoms with E-state index >= 15 is 0 Å². The van der Waals surface area contributed by atoms with Crippen LogP contribution in [-0.2, 0) is 32.5 Å². The van der Waals surface area contributed by atoms with E-state index < -0.39 is 10.0 Å². The number of ether oxygens (including phenoxy) is 1. The fraction of sp³-hybridized carbons (Fsp3) is 0.462. The minimum atomic E-state index is -3.21. The Morgan fingerprint density at radius 3 is 2.63 bits per heavy atom. The largest absolute Gasteiger partial charge is 0.469 e. The van der Waals surface area contributed by atoms with E-state index in [4.69, 9.17) is 0 Å². The Morgan fingerprint density at radius 1 is 1.32 bits per heavy atom. The average molecular weight is 285 g/mol. The Balaban J connectivity index is 2.65. The Bertz CT molecular complexity index is 525. The fourth-order valence-electron chi connectivity index (χ4n) is 1.62. The Hall–Kier alpha value is -1.40. The molecule has 0 heterocycles. The average Bonchev–Trinajstić information content (AvgIpc) is 2.37. The molecule has 0 aliphatic rings. The molecule has 0 amide bonds. The molecule has 0 saturated heterocycles. The van der Waals surface area contributed by atoms with Gasteiger partial charge in [-0.05, 0) is 17.5 Å². The van der Waals surface area contributed by atoms with Crippen LogP contribution >= 0.6 is 0 Å². The number of carbonyl (C=O) groups excluding carboxylic acids is 1. The second kappa shape index (κ2) is 7.25. The quantitative estimate of drug-likeness (QED) is 0.765. The summed E-state index contributed by atoms with van der Waals surface area (Å²) in [7, 11) is -1.87.